The Kier molecular flexibility index (Phi) is 2.59. The van der Waals surface area contributed by atoms with Gasteiger partial charge >= 0.3 is 0 Å². The number of rotatable bonds is 3. The molecule has 0 aromatic heterocycles. The van der Waals surface area contributed by atoms with Crippen molar-refractivity contribution in [3.63, 3.8) is 0 Å². The van der Waals surface area contributed by atoms with Crippen molar-refractivity contribution in [3.8, 4) is 5.75 Å². The fraction of sp³-hybridized carbons (Fsp3) is 0.455. The summed E-state index contributed by atoms with van der Waals surface area (Å²) in [6.07, 6.45) is 1.16. The Labute approximate surface area is 92.0 Å². The fourth-order valence-corrected chi connectivity index (χ4v) is 1.86. The Morgan fingerprint density at radius 3 is 2.53 bits per heavy atom. The van der Waals surface area contributed by atoms with Gasteiger partial charge in [0.15, 0.2) is 0 Å². The average Bonchev–Trinajstić information content (AvgIpc) is 3.00. The van der Waals surface area contributed by atoms with Crippen molar-refractivity contribution in [3.05, 3.63) is 28.8 Å². The van der Waals surface area contributed by atoms with Crippen LogP contribution in [0.25, 0.3) is 0 Å². The van der Waals surface area contributed by atoms with Crippen molar-refractivity contribution in [1.82, 2.24) is 0 Å². The summed E-state index contributed by atoms with van der Waals surface area (Å²) in [5.74, 6) is -2.85. The first-order valence-electron chi connectivity index (χ1n) is 4.77. The highest BCUT2D eigenvalue weighted by Crippen LogP contribution is 2.51. The van der Waals surface area contributed by atoms with Gasteiger partial charge in [0.2, 0.25) is 0 Å². The van der Waals surface area contributed by atoms with Gasteiger partial charge in [-0.05, 0) is 31.0 Å². The Balaban J connectivity index is 2.35. The van der Waals surface area contributed by atoms with Gasteiger partial charge in [0, 0.05) is 11.5 Å². The smallest absolute Gasteiger partial charge is 0.277 e. The van der Waals surface area contributed by atoms with Crippen molar-refractivity contribution in [2.75, 3.05) is 7.11 Å². The molecule has 0 amide bonds. The Morgan fingerprint density at radius 1 is 1.40 bits per heavy atom. The third-order valence-corrected chi connectivity index (χ3v) is 2.94. The third-order valence-electron chi connectivity index (χ3n) is 2.63. The first-order valence-corrected chi connectivity index (χ1v) is 5.15. The maximum atomic E-state index is 13.7. The summed E-state index contributed by atoms with van der Waals surface area (Å²) in [6, 6.07) is 4.28. The average molecular weight is 233 g/mol. The number of methoxy groups -OCH3 is 1. The van der Waals surface area contributed by atoms with Gasteiger partial charge in [-0.1, -0.05) is 11.6 Å². The normalized spacial score (nSPS) is 16.5. The Hall–Kier alpha value is -0.830. The summed E-state index contributed by atoms with van der Waals surface area (Å²) in [7, 11) is 1.48. The topological polar surface area (TPSA) is 9.23 Å². The first-order chi connectivity index (χ1) is 7.05. The van der Waals surface area contributed by atoms with Crippen LogP contribution in [-0.2, 0) is 5.92 Å². The molecule has 4 heteroatoms. The lowest BCUT2D eigenvalue weighted by molar-refractivity contribution is -0.0284. The van der Waals surface area contributed by atoms with E-state index in [0.717, 1.165) is 0 Å². The van der Waals surface area contributed by atoms with Crippen molar-refractivity contribution in [2.45, 2.75) is 18.8 Å². The minimum atomic E-state index is -2.80. The molecular weight excluding hydrogens is 222 g/mol. The van der Waals surface area contributed by atoms with Gasteiger partial charge in [0.05, 0.1) is 12.1 Å². The summed E-state index contributed by atoms with van der Waals surface area (Å²) in [5, 5.41) is 0.0752. The molecule has 1 aromatic rings. The van der Waals surface area contributed by atoms with E-state index in [-0.39, 0.29) is 10.6 Å². The molecule has 0 heterocycles. The zero-order valence-corrected chi connectivity index (χ0v) is 9.02. The predicted octanol–water partition coefficient (Wildman–Crippen LogP) is 3.85. The van der Waals surface area contributed by atoms with Gasteiger partial charge in [-0.2, -0.15) is 0 Å². The Bertz CT molecular complexity index is 375. The SMILES string of the molecule is COc1ccc(C(F)(F)C2CC2)c(Cl)c1. The standard InChI is InChI=1S/C11H11ClF2O/c1-15-8-4-5-9(10(12)6-8)11(13,14)7-2-3-7/h4-7H,2-3H2,1H3. The summed E-state index contributed by atoms with van der Waals surface area (Å²) >= 11 is 5.80. The molecular formula is C11H11ClF2O. The molecule has 82 valence electrons. The van der Waals surface area contributed by atoms with Crippen LogP contribution in [0, 0.1) is 5.92 Å². The van der Waals surface area contributed by atoms with Crippen LogP contribution in [0.4, 0.5) is 8.78 Å². The molecule has 0 saturated heterocycles. The number of hydrogen-bond donors (Lipinski definition) is 0. The molecule has 0 atom stereocenters. The van der Waals surface area contributed by atoms with Gasteiger partial charge in [0.1, 0.15) is 5.75 Å². The lowest BCUT2D eigenvalue weighted by Crippen LogP contribution is -2.16. The number of hydrogen-bond acceptors (Lipinski definition) is 1. The lowest BCUT2D eigenvalue weighted by atomic mass is 10.0. The minimum absolute atomic E-state index is 0.0752. The van der Waals surface area contributed by atoms with Gasteiger partial charge < -0.3 is 4.74 Å². The van der Waals surface area contributed by atoms with Gasteiger partial charge in [0.25, 0.3) is 5.92 Å². The molecule has 1 fully saturated rings. The van der Waals surface area contributed by atoms with Crippen LogP contribution in [0.15, 0.2) is 18.2 Å². The zero-order chi connectivity index (χ0) is 11.1. The van der Waals surface area contributed by atoms with Gasteiger partial charge in [-0.3, -0.25) is 0 Å². The van der Waals surface area contributed by atoms with E-state index < -0.39 is 11.8 Å². The second kappa shape index (κ2) is 3.63. The molecule has 1 aliphatic carbocycles. The van der Waals surface area contributed by atoms with E-state index in [2.05, 4.69) is 0 Å². The van der Waals surface area contributed by atoms with E-state index in [0.29, 0.717) is 18.6 Å². The van der Waals surface area contributed by atoms with Crippen LogP contribution >= 0.6 is 11.6 Å². The van der Waals surface area contributed by atoms with Crippen molar-refractivity contribution in [2.24, 2.45) is 5.92 Å². The predicted molar refractivity (Wildman–Crippen MR) is 54.6 cm³/mol. The second-order valence-corrected chi connectivity index (χ2v) is 4.15. The highest BCUT2D eigenvalue weighted by Gasteiger charge is 2.48. The highest BCUT2D eigenvalue weighted by atomic mass is 35.5. The van der Waals surface area contributed by atoms with E-state index in [1.807, 2.05) is 0 Å². The molecule has 0 spiro atoms. The molecule has 1 saturated carbocycles. The second-order valence-electron chi connectivity index (χ2n) is 3.74. The van der Waals surface area contributed by atoms with Crippen LogP contribution in [0.1, 0.15) is 18.4 Å². The van der Waals surface area contributed by atoms with Crippen molar-refractivity contribution < 1.29 is 13.5 Å². The number of benzene rings is 1. The fourth-order valence-electron chi connectivity index (χ4n) is 1.56. The van der Waals surface area contributed by atoms with Crippen LogP contribution in [-0.4, -0.2) is 7.11 Å². The largest absolute Gasteiger partial charge is 0.497 e. The van der Waals surface area contributed by atoms with Crippen LogP contribution in [0.2, 0.25) is 5.02 Å². The molecule has 0 radical (unpaired) electrons. The number of halogens is 3. The van der Waals surface area contributed by atoms with Crippen molar-refractivity contribution in [1.29, 1.82) is 0 Å². The van der Waals surface area contributed by atoms with E-state index in [9.17, 15) is 8.78 Å². The van der Waals surface area contributed by atoms with Crippen LogP contribution < -0.4 is 4.74 Å². The summed E-state index contributed by atoms with van der Waals surface area (Å²) < 4.78 is 32.3. The van der Waals surface area contributed by atoms with Crippen LogP contribution in [0.3, 0.4) is 0 Å². The maximum absolute atomic E-state index is 13.7. The summed E-state index contributed by atoms with van der Waals surface area (Å²) in [6.45, 7) is 0. The molecule has 0 bridgehead atoms. The quantitative estimate of drug-likeness (QED) is 0.769. The molecule has 0 N–H and O–H groups in total. The molecule has 1 aromatic carbocycles. The van der Waals surface area contributed by atoms with E-state index in [4.69, 9.17) is 16.3 Å². The monoisotopic (exact) mass is 232 g/mol. The molecule has 15 heavy (non-hydrogen) atoms. The van der Waals surface area contributed by atoms with Crippen LogP contribution in [0.5, 0.6) is 5.75 Å². The lowest BCUT2D eigenvalue weighted by Gasteiger charge is -2.17. The maximum Gasteiger partial charge on any atom is 0.277 e. The van der Waals surface area contributed by atoms with Crippen molar-refractivity contribution >= 4 is 11.6 Å². The third kappa shape index (κ3) is 1.93. The highest BCUT2D eigenvalue weighted by molar-refractivity contribution is 6.31. The zero-order valence-electron chi connectivity index (χ0n) is 8.27. The Morgan fingerprint density at radius 2 is 2.07 bits per heavy atom. The first kappa shape index (κ1) is 10.7. The summed E-state index contributed by atoms with van der Waals surface area (Å²) in [5.41, 5.74) is -0.0903. The molecule has 0 unspecified atom stereocenters. The minimum Gasteiger partial charge on any atom is -0.497 e. The molecule has 0 aliphatic heterocycles. The van der Waals surface area contributed by atoms with Gasteiger partial charge in [-0.15, -0.1) is 0 Å². The van der Waals surface area contributed by atoms with Gasteiger partial charge in [-0.25, -0.2) is 8.78 Å². The number of ether oxygens (including phenoxy) is 1. The summed E-state index contributed by atoms with van der Waals surface area (Å²) in [4.78, 5) is 0. The van der Waals surface area contributed by atoms with E-state index >= 15 is 0 Å². The van der Waals surface area contributed by atoms with E-state index in [1.54, 1.807) is 0 Å². The molecule has 1 aliphatic rings. The number of alkyl halides is 2. The molecule has 2 rings (SSSR count). The van der Waals surface area contributed by atoms with E-state index in [1.165, 1.54) is 25.3 Å². The molecule has 1 nitrogen and oxygen atoms in total.